The van der Waals surface area contributed by atoms with Gasteiger partial charge in [0.1, 0.15) is 5.75 Å². The Morgan fingerprint density at radius 2 is 2.20 bits per heavy atom. The van der Waals surface area contributed by atoms with Crippen LogP contribution in [0.25, 0.3) is 0 Å². The van der Waals surface area contributed by atoms with Gasteiger partial charge in [-0.15, -0.1) is 0 Å². The van der Waals surface area contributed by atoms with E-state index >= 15 is 0 Å². The molecule has 0 spiro atoms. The van der Waals surface area contributed by atoms with Crippen LogP contribution >= 0.6 is 0 Å². The number of ether oxygens (including phenoxy) is 1. The summed E-state index contributed by atoms with van der Waals surface area (Å²) in [7, 11) is 1.63. The molecule has 0 radical (unpaired) electrons. The van der Waals surface area contributed by atoms with Crippen molar-refractivity contribution >= 4 is 6.03 Å². The third-order valence-corrected chi connectivity index (χ3v) is 3.67. The molecule has 0 saturated carbocycles. The van der Waals surface area contributed by atoms with Crippen LogP contribution < -0.4 is 10.1 Å². The van der Waals surface area contributed by atoms with Gasteiger partial charge in [0.2, 0.25) is 0 Å². The molecule has 1 aromatic carbocycles. The van der Waals surface area contributed by atoms with E-state index in [0.29, 0.717) is 13.1 Å². The van der Waals surface area contributed by atoms with Crippen molar-refractivity contribution < 1.29 is 14.6 Å². The lowest BCUT2D eigenvalue weighted by Crippen LogP contribution is -2.45. The van der Waals surface area contributed by atoms with E-state index in [9.17, 15) is 9.90 Å². The molecule has 1 fully saturated rings. The second-order valence-electron chi connectivity index (χ2n) is 5.14. The van der Waals surface area contributed by atoms with E-state index in [1.807, 2.05) is 24.3 Å². The summed E-state index contributed by atoms with van der Waals surface area (Å²) in [5.41, 5.74) is 1.04. The summed E-state index contributed by atoms with van der Waals surface area (Å²) in [6, 6.07) is 7.57. The number of nitrogens with zero attached hydrogens (tertiary/aromatic N) is 1. The van der Waals surface area contributed by atoms with Gasteiger partial charge >= 0.3 is 6.03 Å². The minimum absolute atomic E-state index is 0.0565. The van der Waals surface area contributed by atoms with Gasteiger partial charge in [-0.25, -0.2) is 4.79 Å². The maximum atomic E-state index is 12.1. The molecule has 2 amide bonds. The zero-order chi connectivity index (χ0) is 14.4. The van der Waals surface area contributed by atoms with E-state index in [0.717, 1.165) is 30.7 Å². The van der Waals surface area contributed by atoms with Gasteiger partial charge in [0.15, 0.2) is 0 Å². The van der Waals surface area contributed by atoms with Crippen LogP contribution in [-0.4, -0.2) is 42.8 Å². The lowest BCUT2D eigenvalue weighted by atomic mass is 9.99. The maximum absolute atomic E-state index is 12.1. The van der Waals surface area contributed by atoms with Crippen LogP contribution in [0.1, 0.15) is 18.4 Å². The molecule has 5 heteroatoms. The molecule has 0 aliphatic carbocycles. The summed E-state index contributed by atoms with van der Waals surface area (Å²) in [6.45, 7) is 2.07. The number of hydrogen-bond donors (Lipinski definition) is 2. The Labute approximate surface area is 119 Å². The number of aliphatic hydroxyl groups is 1. The van der Waals surface area contributed by atoms with Crippen molar-refractivity contribution in [2.24, 2.45) is 5.92 Å². The van der Waals surface area contributed by atoms with E-state index in [1.54, 1.807) is 12.0 Å². The second-order valence-corrected chi connectivity index (χ2v) is 5.14. The van der Waals surface area contributed by atoms with Gasteiger partial charge in [0, 0.05) is 26.2 Å². The van der Waals surface area contributed by atoms with Crippen LogP contribution in [0.4, 0.5) is 4.79 Å². The molecule has 1 unspecified atom stereocenters. The highest BCUT2D eigenvalue weighted by atomic mass is 16.5. The first-order chi connectivity index (χ1) is 9.72. The molecule has 1 atom stereocenters. The molecule has 20 heavy (non-hydrogen) atoms. The first-order valence-corrected chi connectivity index (χ1v) is 6.99. The van der Waals surface area contributed by atoms with Crippen molar-refractivity contribution in [3.05, 3.63) is 29.8 Å². The second kappa shape index (κ2) is 7.14. The minimum atomic E-state index is -0.0565. The Morgan fingerprint density at radius 1 is 1.45 bits per heavy atom. The minimum Gasteiger partial charge on any atom is -0.497 e. The number of methoxy groups -OCH3 is 1. The number of benzene rings is 1. The molecule has 1 heterocycles. The van der Waals surface area contributed by atoms with Gasteiger partial charge < -0.3 is 20.1 Å². The van der Waals surface area contributed by atoms with Crippen LogP contribution in [0.2, 0.25) is 0 Å². The van der Waals surface area contributed by atoms with Gasteiger partial charge in [0.05, 0.1) is 7.11 Å². The quantitative estimate of drug-likeness (QED) is 0.879. The van der Waals surface area contributed by atoms with Crippen LogP contribution in [0.15, 0.2) is 24.3 Å². The fourth-order valence-corrected chi connectivity index (χ4v) is 2.43. The predicted octanol–water partition coefficient (Wildman–Crippen LogP) is 1.61. The molecule has 0 aromatic heterocycles. The standard InChI is InChI=1S/C15H22N2O3/c1-20-14-6-4-12(5-7-14)9-16-15(19)17-8-2-3-13(10-17)11-18/h4-7,13,18H,2-3,8-11H2,1H3,(H,16,19). The monoisotopic (exact) mass is 278 g/mol. The van der Waals surface area contributed by atoms with Gasteiger partial charge in [-0.2, -0.15) is 0 Å². The van der Waals surface area contributed by atoms with Crippen molar-refractivity contribution in [3.8, 4) is 5.75 Å². The highest BCUT2D eigenvalue weighted by Crippen LogP contribution is 2.16. The van der Waals surface area contributed by atoms with Gasteiger partial charge in [-0.05, 0) is 36.5 Å². The topological polar surface area (TPSA) is 61.8 Å². The van der Waals surface area contributed by atoms with Crippen molar-refractivity contribution in [2.45, 2.75) is 19.4 Å². The molecular formula is C15H22N2O3. The number of carbonyl (C=O) groups excluding carboxylic acids is 1. The number of rotatable bonds is 4. The third kappa shape index (κ3) is 3.87. The highest BCUT2D eigenvalue weighted by Gasteiger charge is 2.22. The molecule has 2 rings (SSSR count). The largest absolute Gasteiger partial charge is 0.497 e. The van der Waals surface area contributed by atoms with Gasteiger partial charge in [-0.3, -0.25) is 0 Å². The van der Waals surface area contributed by atoms with Crippen molar-refractivity contribution in [2.75, 3.05) is 26.8 Å². The van der Waals surface area contributed by atoms with Crippen molar-refractivity contribution in [1.82, 2.24) is 10.2 Å². The fourth-order valence-electron chi connectivity index (χ4n) is 2.43. The number of amides is 2. The number of likely N-dealkylation sites (tertiary alicyclic amines) is 1. The van der Waals surface area contributed by atoms with E-state index in [-0.39, 0.29) is 18.6 Å². The molecule has 1 aliphatic rings. The number of nitrogens with one attached hydrogen (secondary N) is 1. The molecule has 1 aliphatic heterocycles. The third-order valence-electron chi connectivity index (χ3n) is 3.67. The summed E-state index contributed by atoms with van der Waals surface area (Å²) >= 11 is 0. The average Bonchev–Trinajstić information content (AvgIpc) is 2.53. The lowest BCUT2D eigenvalue weighted by molar-refractivity contribution is 0.129. The van der Waals surface area contributed by atoms with Crippen LogP contribution in [0.3, 0.4) is 0 Å². The normalized spacial score (nSPS) is 18.7. The predicted molar refractivity (Wildman–Crippen MR) is 76.6 cm³/mol. The number of hydrogen-bond acceptors (Lipinski definition) is 3. The van der Waals surface area contributed by atoms with E-state index in [4.69, 9.17) is 4.74 Å². The maximum Gasteiger partial charge on any atom is 0.317 e. The molecule has 110 valence electrons. The first-order valence-electron chi connectivity index (χ1n) is 6.99. The zero-order valence-electron chi connectivity index (χ0n) is 11.8. The number of aliphatic hydroxyl groups excluding tert-OH is 1. The average molecular weight is 278 g/mol. The highest BCUT2D eigenvalue weighted by molar-refractivity contribution is 5.74. The summed E-state index contributed by atoms with van der Waals surface area (Å²) in [4.78, 5) is 13.9. The molecule has 5 nitrogen and oxygen atoms in total. The lowest BCUT2D eigenvalue weighted by Gasteiger charge is -2.31. The van der Waals surface area contributed by atoms with Crippen molar-refractivity contribution in [1.29, 1.82) is 0 Å². The Balaban J connectivity index is 1.81. The van der Waals surface area contributed by atoms with E-state index in [1.165, 1.54) is 0 Å². The van der Waals surface area contributed by atoms with Crippen molar-refractivity contribution in [3.63, 3.8) is 0 Å². The molecule has 1 saturated heterocycles. The Kier molecular flexibility index (Phi) is 5.24. The Bertz CT molecular complexity index is 433. The zero-order valence-corrected chi connectivity index (χ0v) is 11.8. The van der Waals surface area contributed by atoms with Crippen LogP contribution in [0.5, 0.6) is 5.75 Å². The first kappa shape index (κ1) is 14.7. The number of carbonyl (C=O) groups is 1. The molecule has 1 aromatic rings. The molecule has 0 bridgehead atoms. The number of urea groups is 1. The smallest absolute Gasteiger partial charge is 0.317 e. The SMILES string of the molecule is COc1ccc(CNC(=O)N2CCCC(CO)C2)cc1. The van der Waals surface area contributed by atoms with E-state index in [2.05, 4.69) is 5.32 Å². The fraction of sp³-hybridized carbons (Fsp3) is 0.533. The van der Waals surface area contributed by atoms with E-state index < -0.39 is 0 Å². The Morgan fingerprint density at radius 3 is 2.85 bits per heavy atom. The van der Waals surface area contributed by atoms with Gasteiger partial charge in [0.25, 0.3) is 0 Å². The molecular weight excluding hydrogens is 256 g/mol. The van der Waals surface area contributed by atoms with Crippen LogP contribution in [0, 0.1) is 5.92 Å². The Hall–Kier alpha value is -1.75. The number of piperidine rings is 1. The summed E-state index contributed by atoms with van der Waals surface area (Å²) in [5.74, 6) is 1.03. The van der Waals surface area contributed by atoms with Crippen LogP contribution in [-0.2, 0) is 6.54 Å². The molecule has 2 N–H and O–H groups in total. The summed E-state index contributed by atoms with van der Waals surface area (Å²) < 4.78 is 5.09. The van der Waals surface area contributed by atoms with Gasteiger partial charge in [-0.1, -0.05) is 12.1 Å². The summed E-state index contributed by atoms with van der Waals surface area (Å²) in [5, 5.41) is 12.1. The summed E-state index contributed by atoms with van der Waals surface area (Å²) in [6.07, 6.45) is 1.96.